The molecule has 2 heteroatoms. The van der Waals surface area contributed by atoms with Gasteiger partial charge in [0.1, 0.15) is 0 Å². The van der Waals surface area contributed by atoms with E-state index in [2.05, 4.69) is 57.2 Å². The molecule has 0 amide bonds. The Hall–Kier alpha value is -1.31. The highest BCUT2D eigenvalue weighted by Gasteiger charge is 2.03. The quantitative estimate of drug-likeness (QED) is 0.187. The maximum atomic E-state index is 11.4. The zero-order chi connectivity index (χ0) is 17.9. The smallest absolute Gasteiger partial charge is 0.305 e. The van der Waals surface area contributed by atoms with Crippen LogP contribution in [0, 0.1) is 5.92 Å². The van der Waals surface area contributed by atoms with E-state index in [0.29, 0.717) is 18.9 Å². The van der Waals surface area contributed by atoms with Crippen LogP contribution in [0.4, 0.5) is 0 Å². The van der Waals surface area contributed by atoms with E-state index in [1.165, 1.54) is 38.5 Å². The van der Waals surface area contributed by atoms with Gasteiger partial charge in [0.05, 0.1) is 6.61 Å². The minimum atomic E-state index is -0.0397. The van der Waals surface area contributed by atoms with Crippen LogP contribution in [0.25, 0.3) is 0 Å². The van der Waals surface area contributed by atoms with Crippen molar-refractivity contribution in [3.63, 3.8) is 0 Å². The highest BCUT2D eigenvalue weighted by molar-refractivity contribution is 5.69. The highest BCUT2D eigenvalue weighted by Crippen LogP contribution is 2.08. The molecular formula is C22H38O2. The first kappa shape index (κ1) is 22.7. The molecule has 0 aromatic carbocycles. The van der Waals surface area contributed by atoms with Crippen molar-refractivity contribution in [1.82, 2.24) is 0 Å². The van der Waals surface area contributed by atoms with Gasteiger partial charge in [-0.15, -0.1) is 0 Å². The molecule has 0 bridgehead atoms. The predicted octanol–water partition coefficient (Wildman–Crippen LogP) is 6.78. The fraction of sp³-hybridized carbons (Fsp3) is 0.682. The molecule has 0 saturated carbocycles. The zero-order valence-corrected chi connectivity index (χ0v) is 16.1. The highest BCUT2D eigenvalue weighted by atomic mass is 16.5. The molecule has 0 aliphatic heterocycles. The van der Waals surface area contributed by atoms with Crippen LogP contribution >= 0.6 is 0 Å². The maximum absolute atomic E-state index is 11.4. The number of rotatable bonds is 15. The largest absolute Gasteiger partial charge is 0.465 e. The number of hydrogen-bond acceptors (Lipinski definition) is 2. The van der Waals surface area contributed by atoms with Crippen LogP contribution in [0.2, 0.25) is 0 Å². The van der Waals surface area contributed by atoms with Gasteiger partial charge >= 0.3 is 5.97 Å². The van der Waals surface area contributed by atoms with Gasteiger partial charge in [0, 0.05) is 6.42 Å². The molecular weight excluding hydrogens is 296 g/mol. The molecule has 0 atom stereocenters. The normalized spacial score (nSPS) is 12.2. The van der Waals surface area contributed by atoms with Crippen molar-refractivity contribution in [2.75, 3.05) is 6.61 Å². The zero-order valence-electron chi connectivity index (χ0n) is 16.1. The topological polar surface area (TPSA) is 26.3 Å². The minimum Gasteiger partial charge on any atom is -0.465 e. The average Bonchev–Trinajstić information content (AvgIpc) is 2.56. The molecule has 24 heavy (non-hydrogen) atoms. The Balaban J connectivity index is 3.35. The first-order chi connectivity index (χ1) is 11.7. The van der Waals surface area contributed by atoms with E-state index in [4.69, 9.17) is 4.74 Å². The molecule has 0 N–H and O–H groups in total. The number of hydrogen-bond donors (Lipinski definition) is 0. The summed E-state index contributed by atoms with van der Waals surface area (Å²) >= 11 is 0. The molecule has 0 heterocycles. The summed E-state index contributed by atoms with van der Waals surface area (Å²) in [7, 11) is 0. The van der Waals surface area contributed by atoms with Crippen molar-refractivity contribution >= 4 is 5.97 Å². The number of allylic oxidation sites excluding steroid dienone is 6. The lowest BCUT2D eigenvalue weighted by Crippen LogP contribution is -2.09. The fourth-order valence-electron chi connectivity index (χ4n) is 2.19. The van der Waals surface area contributed by atoms with E-state index in [0.717, 1.165) is 19.3 Å². The molecule has 0 aliphatic rings. The van der Waals surface area contributed by atoms with Gasteiger partial charge in [-0.05, 0) is 31.6 Å². The van der Waals surface area contributed by atoms with Crippen LogP contribution in [0.3, 0.4) is 0 Å². The molecule has 0 unspecified atom stereocenters. The molecule has 0 fully saturated rings. The summed E-state index contributed by atoms with van der Waals surface area (Å²) in [5.41, 5.74) is 0. The van der Waals surface area contributed by atoms with Crippen LogP contribution in [0.15, 0.2) is 36.5 Å². The average molecular weight is 335 g/mol. The summed E-state index contributed by atoms with van der Waals surface area (Å²) in [5.74, 6) is 0.385. The van der Waals surface area contributed by atoms with Gasteiger partial charge in [-0.1, -0.05) is 89.3 Å². The van der Waals surface area contributed by atoms with Crippen LogP contribution in [0.5, 0.6) is 0 Å². The summed E-state index contributed by atoms with van der Waals surface area (Å²) in [5, 5.41) is 0. The minimum absolute atomic E-state index is 0.0397. The number of ether oxygens (including phenoxy) is 1. The first-order valence-electron chi connectivity index (χ1n) is 9.80. The first-order valence-corrected chi connectivity index (χ1v) is 9.80. The third kappa shape index (κ3) is 18.7. The Kier molecular flexibility index (Phi) is 17.1. The lowest BCUT2D eigenvalue weighted by atomic mass is 10.1. The number of carbonyl (C=O) groups is 1. The Labute approximate surface area is 150 Å². The van der Waals surface area contributed by atoms with Crippen LogP contribution in [0.1, 0.15) is 85.0 Å². The van der Waals surface area contributed by atoms with Crippen molar-refractivity contribution in [2.24, 2.45) is 5.92 Å². The number of carbonyl (C=O) groups excluding carboxylic acids is 1. The molecule has 0 spiro atoms. The van der Waals surface area contributed by atoms with E-state index in [-0.39, 0.29) is 5.97 Å². The lowest BCUT2D eigenvalue weighted by molar-refractivity contribution is -0.144. The van der Waals surface area contributed by atoms with Crippen molar-refractivity contribution in [3.05, 3.63) is 36.5 Å². The maximum Gasteiger partial charge on any atom is 0.305 e. The van der Waals surface area contributed by atoms with Crippen LogP contribution < -0.4 is 0 Å². The van der Waals surface area contributed by atoms with Gasteiger partial charge in [-0.25, -0.2) is 0 Å². The summed E-state index contributed by atoms with van der Waals surface area (Å²) in [4.78, 5) is 11.4. The van der Waals surface area contributed by atoms with Crippen molar-refractivity contribution in [3.8, 4) is 0 Å². The second-order valence-corrected chi connectivity index (χ2v) is 6.77. The summed E-state index contributed by atoms with van der Waals surface area (Å²) < 4.78 is 5.16. The molecule has 0 aliphatic carbocycles. The SMILES string of the molecule is CCCCC=CC=CC=CCCCCCCCC(=O)OCC(C)C. The standard InChI is InChI=1S/C22H38O2/c1-4-5-6-7-8-9-10-11-12-13-14-15-16-17-18-19-22(23)24-20-21(2)3/h7-12,21H,4-6,13-20H2,1-3H3. The fourth-order valence-corrected chi connectivity index (χ4v) is 2.19. The van der Waals surface area contributed by atoms with Gasteiger partial charge in [0.25, 0.3) is 0 Å². The summed E-state index contributed by atoms with van der Waals surface area (Å²) in [6.45, 7) is 6.88. The Bertz CT molecular complexity index is 364. The van der Waals surface area contributed by atoms with Gasteiger partial charge in [0.2, 0.25) is 0 Å². The van der Waals surface area contributed by atoms with Gasteiger partial charge in [-0.3, -0.25) is 4.79 Å². The number of unbranched alkanes of at least 4 members (excludes halogenated alkanes) is 7. The Morgan fingerprint density at radius 3 is 2.04 bits per heavy atom. The molecule has 0 rings (SSSR count). The van der Waals surface area contributed by atoms with E-state index >= 15 is 0 Å². The molecule has 0 radical (unpaired) electrons. The summed E-state index contributed by atoms with van der Waals surface area (Å²) in [6.07, 6.45) is 24.1. The van der Waals surface area contributed by atoms with E-state index in [1.54, 1.807) is 0 Å². The molecule has 0 aromatic rings. The third-order valence-corrected chi connectivity index (χ3v) is 3.66. The van der Waals surface area contributed by atoms with Crippen LogP contribution in [-0.2, 0) is 9.53 Å². The Morgan fingerprint density at radius 2 is 1.42 bits per heavy atom. The monoisotopic (exact) mass is 334 g/mol. The molecule has 0 saturated heterocycles. The van der Waals surface area contributed by atoms with E-state index in [9.17, 15) is 4.79 Å². The van der Waals surface area contributed by atoms with E-state index in [1.807, 2.05) is 0 Å². The van der Waals surface area contributed by atoms with Gasteiger partial charge in [-0.2, -0.15) is 0 Å². The predicted molar refractivity (Wildman–Crippen MR) is 105 cm³/mol. The second kappa shape index (κ2) is 18.0. The van der Waals surface area contributed by atoms with Crippen LogP contribution in [-0.4, -0.2) is 12.6 Å². The van der Waals surface area contributed by atoms with Gasteiger partial charge in [0.15, 0.2) is 0 Å². The van der Waals surface area contributed by atoms with Crippen molar-refractivity contribution in [2.45, 2.75) is 85.0 Å². The molecule has 0 aromatic heterocycles. The van der Waals surface area contributed by atoms with Crippen molar-refractivity contribution < 1.29 is 9.53 Å². The Morgan fingerprint density at radius 1 is 0.833 bits per heavy atom. The van der Waals surface area contributed by atoms with Crippen molar-refractivity contribution in [1.29, 1.82) is 0 Å². The molecule has 2 nitrogen and oxygen atoms in total. The van der Waals surface area contributed by atoms with Gasteiger partial charge < -0.3 is 4.74 Å². The third-order valence-electron chi connectivity index (χ3n) is 3.66. The number of esters is 1. The lowest BCUT2D eigenvalue weighted by Gasteiger charge is -2.06. The van der Waals surface area contributed by atoms with E-state index < -0.39 is 0 Å². The second-order valence-electron chi connectivity index (χ2n) is 6.77. The summed E-state index contributed by atoms with van der Waals surface area (Å²) in [6, 6.07) is 0. The molecule has 138 valence electrons.